The SMILES string of the molecule is NCc1c(OC(F)F)ccc(F)c1F. The van der Waals surface area contributed by atoms with Crippen LogP contribution in [0.25, 0.3) is 0 Å². The van der Waals surface area contributed by atoms with E-state index in [0.717, 1.165) is 6.07 Å². The highest BCUT2D eigenvalue weighted by molar-refractivity contribution is 5.35. The topological polar surface area (TPSA) is 35.2 Å². The van der Waals surface area contributed by atoms with Gasteiger partial charge in [0.2, 0.25) is 0 Å². The minimum atomic E-state index is -3.09. The number of hydrogen-bond acceptors (Lipinski definition) is 2. The van der Waals surface area contributed by atoms with Crippen molar-refractivity contribution in [1.29, 1.82) is 0 Å². The maximum absolute atomic E-state index is 12.9. The molecule has 0 fully saturated rings. The first-order chi connectivity index (χ1) is 6.56. The van der Waals surface area contributed by atoms with Crippen molar-refractivity contribution in [2.75, 3.05) is 0 Å². The standard InChI is InChI=1S/C8H7F4NO/c9-5-1-2-6(14-8(11)12)4(3-13)7(5)10/h1-2,8H,3,13H2. The number of alkyl halides is 2. The Morgan fingerprint density at radius 1 is 1.29 bits per heavy atom. The molecule has 0 aliphatic heterocycles. The molecule has 78 valence electrons. The van der Waals surface area contributed by atoms with Gasteiger partial charge in [0.05, 0.1) is 0 Å². The van der Waals surface area contributed by atoms with Crippen molar-refractivity contribution >= 4 is 0 Å². The van der Waals surface area contributed by atoms with Gasteiger partial charge in [-0.15, -0.1) is 0 Å². The first-order valence-corrected chi connectivity index (χ1v) is 3.68. The van der Waals surface area contributed by atoms with E-state index in [1.165, 1.54) is 0 Å². The van der Waals surface area contributed by atoms with E-state index in [1.54, 1.807) is 0 Å². The molecule has 0 aliphatic rings. The van der Waals surface area contributed by atoms with E-state index in [-0.39, 0.29) is 0 Å². The van der Waals surface area contributed by atoms with Crippen molar-refractivity contribution in [3.05, 3.63) is 29.3 Å². The molecule has 0 radical (unpaired) electrons. The molecule has 0 heterocycles. The Kier molecular flexibility index (Phi) is 3.29. The lowest BCUT2D eigenvalue weighted by molar-refractivity contribution is -0.0507. The number of hydrogen-bond donors (Lipinski definition) is 1. The summed E-state index contributed by atoms with van der Waals surface area (Å²) in [4.78, 5) is 0. The molecule has 2 nitrogen and oxygen atoms in total. The molecule has 0 saturated carbocycles. The molecule has 6 heteroatoms. The van der Waals surface area contributed by atoms with Crippen LogP contribution in [0.15, 0.2) is 12.1 Å². The number of benzene rings is 1. The second-order valence-corrected chi connectivity index (χ2v) is 2.42. The third-order valence-corrected chi connectivity index (χ3v) is 1.57. The van der Waals surface area contributed by atoms with Crippen molar-refractivity contribution in [1.82, 2.24) is 0 Å². The van der Waals surface area contributed by atoms with Gasteiger partial charge in [-0.25, -0.2) is 8.78 Å². The zero-order valence-corrected chi connectivity index (χ0v) is 6.94. The molecular formula is C8H7F4NO. The Labute approximate surface area is 77.3 Å². The third-order valence-electron chi connectivity index (χ3n) is 1.57. The highest BCUT2D eigenvalue weighted by Gasteiger charge is 2.15. The van der Waals surface area contributed by atoms with E-state index >= 15 is 0 Å². The Bertz CT molecular complexity index is 329. The van der Waals surface area contributed by atoms with Crippen LogP contribution in [0.3, 0.4) is 0 Å². The van der Waals surface area contributed by atoms with Crippen LogP contribution in [-0.4, -0.2) is 6.61 Å². The predicted molar refractivity (Wildman–Crippen MR) is 40.9 cm³/mol. The first-order valence-electron chi connectivity index (χ1n) is 3.68. The molecule has 1 aromatic rings. The lowest BCUT2D eigenvalue weighted by Crippen LogP contribution is -2.09. The monoisotopic (exact) mass is 209 g/mol. The smallest absolute Gasteiger partial charge is 0.387 e. The predicted octanol–water partition coefficient (Wildman–Crippen LogP) is 2.02. The average molecular weight is 209 g/mol. The Morgan fingerprint density at radius 3 is 2.43 bits per heavy atom. The molecule has 0 spiro atoms. The molecule has 0 aromatic heterocycles. The fraction of sp³-hybridized carbons (Fsp3) is 0.250. The second-order valence-electron chi connectivity index (χ2n) is 2.42. The van der Waals surface area contributed by atoms with Crippen molar-refractivity contribution in [2.24, 2.45) is 5.73 Å². The Morgan fingerprint density at radius 2 is 1.93 bits per heavy atom. The molecule has 0 amide bonds. The van der Waals surface area contributed by atoms with Crippen molar-refractivity contribution in [3.8, 4) is 5.75 Å². The molecule has 0 aliphatic carbocycles. The zero-order valence-electron chi connectivity index (χ0n) is 6.94. The summed E-state index contributed by atoms with van der Waals surface area (Å²) in [7, 11) is 0. The van der Waals surface area contributed by atoms with Crippen molar-refractivity contribution < 1.29 is 22.3 Å². The number of ether oxygens (including phenoxy) is 1. The van der Waals surface area contributed by atoms with Crippen molar-refractivity contribution in [2.45, 2.75) is 13.2 Å². The van der Waals surface area contributed by atoms with E-state index in [9.17, 15) is 17.6 Å². The second kappa shape index (κ2) is 4.28. The molecule has 14 heavy (non-hydrogen) atoms. The van der Waals surface area contributed by atoms with Crippen molar-refractivity contribution in [3.63, 3.8) is 0 Å². The van der Waals surface area contributed by atoms with Gasteiger partial charge in [-0.3, -0.25) is 0 Å². The van der Waals surface area contributed by atoms with Crippen LogP contribution in [0.2, 0.25) is 0 Å². The molecule has 0 bridgehead atoms. The van der Waals surface area contributed by atoms with Crippen LogP contribution in [-0.2, 0) is 6.54 Å². The van der Waals surface area contributed by atoms with E-state index in [2.05, 4.69) is 4.74 Å². The largest absolute Gasteiger partial charge is 0.434 e. The van der Waals surface area contributed by atoms with Gasteiger partial charge < -0.3 is 10.5 Å². The quantitative estimate of drug-likeness (QED) is 0.773. The molecule has 0 saturated heterocycles. The third kappa shape index (κ3) is 2.14. The summed E-state index contributed by atoms with van der Waals surface area (Å²) in [6.45, 7) is -3.50. The van der Waals surface area contributed by atoms with E-state index in [1.807, 2.05) is 0 Å². The average Bonchev–Trinajstić information content (AvgIpc) is 2.11. The molecule has 1 aromatic carbocycles. The Hall–Kier alpha value is -1.30. The maximum atomic E-state index is 12.9. The highest BCUT2D eigenvalue weighted by atomic mass is 19.3. The molecule has 0 unspecified atom stereocenters. The fourth-order valence-electron chi connectivity index (χ4n) is 0.972. The van der Waals surface area contributed by atoms with Gasteiger partial charge in [0.15, 0.2) is 11.6 Å². The normalized spacial score (nSPS) is 10.7. The van der Waals surface area contributed by atoms with E-state index in [4.69, 9.17) is 5.73 Å². The summed E-state index contributed by atoms with van der Waals surface area (Å²) >= 11 is 0. The van der Waals surface area contributed by atoms with Crippen LogP contribution >= 0.6 is 0 Å². The van der Waals surface area contributed by atoms with Gasteiger partial charge in [0, 0.05) is 12.1 Å². The zero-order chi connectivity index (χ0) is 10.7. The maximum Gasteiger partial charge on any atom is 0.387 e. The lowest BCUT2D eigenvalue weighted by Gasteiger charge is -2.09. The summed E-state index contributed by atoms with van der Waals surface area (Å²) in [5.74, 6) is -2.85. The minimum absolute atomic E-state index is 0.398. The number of halogens is 4. The molecule has 2 N–H and O–H groups in total. The van der Waals surface area contributed by atoms with Gasteiger partial charge in [-0.05, 0) is 12.1 Å². The van der Waals surface area contributed by atoms with Gasteiger partial charge >= 0.3 is 6.61 Å². The van der Waals surface area contributed by atoms with Gasteiger partial charge in [-0.1, -0.05) is 0 Å². The van der Waals surface area contributed by atoms with Gasteiger partial charge in [0.1, 0.15) is 5.75 Å². The Balaban J connectivity index is 3.10. The van der Waals surface area contributed by atoms with Crippen LogP contribution < -0.4 is 10.5 Å². The summed E-state index contributed by atoms with van der Waals surface area (Å²) in [6.07, 6.45) is 0. The summed E-state index contributed by atoms with van der Waals surface area (Å²) < 4.78 is 53.1. The van der Waals surface area contributed by atoms with Crippen LogP contribution in [0.1, 0.15) is 5.56 Å². The highest BCUT2D eigenvalue weighted by Crippen LogP contribution is 2.24. The van der Waals surface area contributed by atoms with Gasteiger partial charge in [-0.2, -0.15) is 8.78 Å². The molecular weight excluding hydrogens is 202 g/mol. The number of nitrogens with two attached hydrogens (primary N) is 1. The minimum Gasteiger partial charge on any atom is -0.434 e. The number of rotatable bonds is 3. The van der Waals surface area contributed by atoms with Gasteiger partial charge in [0.25, 0.3) is 0 Å². The summed E-state index contributed by atoms with van der Waals surface area (Å²) in [5.41, 5.74) is 4.67. The lowest BCUT2D eigenvalue weighted by atomic mass is 10.2. The van der Waals surface area contributed by atoms with Crippen LogP contribution in [0.4, 0.5) is 17.6 Å². The summed E-state index contributed by atoms with van der Waals surface area (Å²) in [6, 6.07) is 1.61. The summed E-state index contributed by atoms with van der Waals surface area (Å²) in [5, 5.41) is 0. The van der Waals surface area contributed by atoms with Crippen LogP contribution in [0, 0.1) is 11.6 Å². The van der Waals surface area contributed by atoms with Crippen LogP contribution in [0.5, 0.6) is 5.75 Å². The molecule has 1 rings (SSSR count). The first kappa shape index (κ1) is 10.8. The van der Waals surface area contributed by atoms with E-state index < -0.39 is 36.1 Å². The molecule has 0 atom stereocenters. The van der Waals surface area contributed by atoms with E-state index in [0.29, 0.717) is 6.07 Å². The fourth-order valence-corrected chi connectivity index (χ4v) is 0.972.